The Morgan fingerprint density at radius 1 is 0.929 bits per heavy atom. The van der Waals surface area contributed by atoms with Crippen molar-refractivity contribution in [3.63, 3.8) is 0 Å². The zero-order chi connectivity index (χ0) is 19.5. The monoisotopic (exact) mass is 410 g/mol. The minimum atomic E-state index is -0.155. The van der Waals surface area contributed by atoms with E-state index >= 15 is 0 Å². The third kappa shape index (κ3) is 3.87. The summed E-state index contributed by atoms with van der Waals surface area (Å²) in [6.07, 6.45) is 0.650. The molecular weight excluding hydrogens is 391 g/mol. The topological polar surface area (TPSA) is 27.1 Å². The van der Waals surface area contributed by atoms with E-state index in [1.165, 1.54) is 0 Å². The van der Waals surface area contributed by atoms with Crippen LogP contribution in [0, 0.1) is 0 Å². The average Bonchev–Trinajstić information content (AvgIpc) is 3.08. The molecular formula is C23H20Cl2N2O. The van der Waals surface area contributed by atoms with Crippen LogP contribution in [0.1, 0.15) is 30.8 Å². The molecule has 0 saturated carbocycles. The van der Waals surface area contributed by atoms with Crippen LogP contribution in [0.2, 0.25) is 10.0 Å². The number of imidazole rings is 1. The molecule has 3 aromatic carbocycles. The first kappa shape index (κ1) is 18.9. The Morgan fingerprint density at radius 3 is 2.43 bits per heavy atom. The lowest BCUT2D eigenvalue weighted by Crippen LogP contribution is -2.14. The van der Waals surface area contributed by atoms with E-state index in [1.54, 1.807) is 0 Å². The fourth-order valence-electron chi connectivity index (χ4n) is 3.31. The number of hydrogen-bond acceptors (Lipinski definition) is 2. The van der Waals surface area contributed by atoms with Gasteiger partial charge in [-0.3, -0.25) is 0 Å². The summed E-state index contributed by atoms with van der Waals surface area (Å²) >= 11 is 12.3. The number of aromatic nitrogens is 2. The Morgan fingerprint density at radius 2 is 1.68 bits per heavy atom. The SMILES string of the molecule is CCC(Oc1ccccc1)c1nc2ccccc2n1Cc1ccc(Cl)c(Cl)c1. The number of hydrogen-bond donors (Lipinski definition) is 0. The third-order valence-electron chi connectivity index (χ3n) is 4.69. The Balaban J connectivity index is 1.76. The molecule has 0 saturated heterocycles. The van der Waals surface area contributed by atoms with Crippen LogP contribution in [0.3, 0.4) is 0 Å². The van der Waals surface area contributed by atoms with E-state index in [1.807, 2.05) is 66.7 Å². The molecule has 3 nitrogen and oxygen atoms in total. The van der Waals surface area contributed by atoms with Gasteiger partial charge in [-0.15, -0.1) is 0 Å². The van der Waals surface area contributed by atoms with Crippen LogP contribution in [0.15, 0.2) is 72.8 Å². The van der Waals surface area contributed by atoms with Gasteiger partial charge in [0, 0.05) is 6.54 Å². The third-order valence-corrected chi connectivity index (χ3v) is 5.43. The number of halogens is 2. The maximum absolute atomic E-state index is 6.27. The summed E-state index contributed by atoms with van der Waals surface area (Å²) in [5, 5.41) is 1.11. The minimum Gasteiger partial charge on any atom is -0.483 e. The molecule has 0 amide bonds. The van der Waals surface area contributed by atoms with E-state index in [2.05, 4.69) is 17.6 Å². The summed E-state index contributed by atoms with van der Waals surface area (Å²) in [7, 11) is 0. The lowest BCUT2D eigenvalue weighted by atomic mass is 10.2. The standard InChI is InChI=1S/C23H20Cl2N2O/c1-2-22(28-17-8-4-3-5-9-17)23-26-20-10-6-7-11-21(20)27(23)15-16-12-13-18(24)19(25)14-16/h3-14,22H,2,15H2,1H3. The van der Waals surface area contributed by atoms with Crippen LogP contribution in [0.25, 0.3) is 11.0 Å². The Kier molecular flexibility index (Phi) is 5.56. The largest absolute Gasteiger partial charge is 0.483 e. The van der Waals surface area contributed by atoms with Crippen LogP contribution in [0.4, 0.5) is 0 Å². The minimum absolute atomic E-state index is 0.155. The average molecular weight is 411 g/mol. The second kappa shape index (κ2) is 8.26. The molecule has 0 spiro atoms. The highest BCUT2D eigenvalue weighted by Gasteiger charge is 2.21. The molecule has 1 heterocycles. The van der Waals surface area contributed by atoms with Gasteiger partial charge in [0.2, 0.25) is 0 Å². The van der Waals surface area contributed by atoms with Crippen LogP contribution < -0.4 is 4.74 Å². The van der Waals surface area contributed by atoms with Gasteiger partial charge in [0.25, 0.3) is 0 Å². The summed E-state index contributed by atoms with van der Waals surface area (Å²) in [5.74, 6) is 1.74. The summed E-state index contributed by atoms with van der Waals surface area (Å²) < 4.78 is 8.47. The van der Waals surface area contributed by atoms with E-state index in [-0.39, 0.29) is 6.10 Å². The van der Waals surface area contributed by atoms with E-state index in [9.17, 15) is 0 Å². The van der Waals surface area contributed by atoms with Crippen molar-refractivity contribution < 1.29 is 4.74 Å². The van der Waals surface area contributed by atoms with Gasteiger partial charge in [0.1, 0.15) is 5.75 Å². The predicted molar refractivity (Wildman–Crippen MR) is 115 cm³/mol. The number of para-hydroxylation sites is 3. The Bertz CT molecular complexity index is 1090. The van der Waals surface area contributed by atoms with Gasteiger partial charge in [0.15, 0.2) is 11.9 Å². The highest BCUT2D eigenvalue weighted by atomic mass is 35.5. The quantitative estimate of drug-likeness (QED) is 0.344. The molecule has 4 aromatic rings. The van der Waals surface area contributed by atoms with Crippen LogP contribution >= 0.6 is 23.2 Å². The molecule has 0 aliphatic rings. The molecule has 4 rings (SSSR count). The highest BCUT2D eigenvalue weighted by Crippen LogP contribution is 2.29. The first-order valence-electron chi connectivity index (χ1n) is 9.26. The molecule has 0 aliphatic heterocycles. The van der Waals surface area contributed by atoms with E-state index in [4.69, 9.17) is 32.9 Å². The van der Waals surface area contributed by atoms with Gasteiger partial charge < -0.3 is 9.30 Å². The van der Waals surface area contributed by atoms with Gasteiger partial charge in [0.05, 0.1) is 21.1 Å². The lowest BCUT2D eigenvalue weighted by molar-refractivity contribution is 0.187. The molecule has 142 valence electrons. The van der Waals surface area contributed by atoms with E-state index in [0.717, 1.165) is 34.6 Å². The van der Waals surface area contributed by atoms with Crippen LogP contribution in [-0.2, 0) is 6.54 Å². The predicted octanol–water partition coefficient (Wildman–Crippen LogP) is 6.92. The summed E-state index contributed by atoms with van der Waals surface area (Å²) in [6.45, 7) is 2.75. The van der Waals surface area contributed by atoms with Crippen molar-refractivity contribution >= 4 is 34.2 Å². The number of ether oxygens (including phenoxy) is 1. The van der Waals surface area contributed by atoms with Crippen molar-refractivity contribution in [1.29, 1.82) is 0 Å². The van der Waals surface area contributed by atoms with Crippen LogP contribution in [0.5, 0.6) is 5.75 Å². The molecule has 28 heavy (non-hydrogen) atoms. The summed E-state index contributed by atoms with van der Waals surface area (Å²) in [5.41, 5.74) is 3.08. The Labute approximate surface area is 174 Å². The maximum atomic E-state index is 6.27. The van der Waals surface area contributed by atoms with Gasteiger partial charge in [-0.25, -0.2) is 4.98 Å². The van der Waals surface area contributed by atoms with E-state index in [0.29, 0.717) is 16.6 Å². The molecule has 1 aromatic heterocycles. The van der Waals surface area contributed by atoms with Crippen molar-refractivity contribution in [2.45, 2.75) is 26.0 Å². The highest BCUT2D eigenvalue weighted by molar-refractivity contribution is 6.42. The second-order valence-corrected chi connectivity index (χ2v) is 7.44. The number of fused-ring (bicyclic) bond motifs is 1. The maximum Gasteiger partial charge on any atom is 0.156 e. The van der Waals surface area contributed by atoms with Gasteiger partial charge >= 0.3 is 0 Å². The molecule has 5 heteroatoms. The van der Waals surface area contributed by atoms with Crippen molar-refractivity contribution in [1.82, 2.24) is 9.55 Å². The van der Waals surface area contributed by atoms with Crippen molar-refractivity contribution in [2.75, 3.05) is 0 Å². The number of benzene rings is 3. The molecule has 0 aliphatic carbocycles. The first-order chi connectivity index (χ1) is 13.7. The fourth-order valence-corrected chi connectivity index (χ4v) is 3.63. The summed E-state index contributed by atoms with van der Waals surface area (Å²) in [6, 6.07) is 23.7. The van der Waals surface area contributed by atoms with Crippen molar-refractivity contribution in [2.24, 2.45) is 0 Å². The van der Waals surface area contributed by atoms with Gasteiger partial charge in [-0.1, -0.05) is 66.5 Å². The van der Waals surface area contributed by atoms with Crippen molar-refractivity contribution in [3.8, 4) is 5.75 Å². The Hall–Kier alpha value is -2.49. The normalized spacial score (nSPS) is 12.2. The molecule has 0 bridgehead atoms. The number of rotatable bonds is 6. The lowest BCUT2D eigenvalue weighted by Gasteiger charge is -2.19. The second-order valence-electron chi connectivity index (χ2n) is 6.62. The van der Waals surface area contributed by atoms with Gasteiger partial charge in [-0.2, -0.15) is 0 Å². The first-order valence-corrected chi connectivity index (χ1v) is 10.0. The van der Waals surface area contributed by atoms with Crippen molar-refractivity contribution in [3.05, 3.63) is 94.2 Å². The van der Waals surface area contributed by atoms with Gasteiger partial charge in [-0.05, 0) is 48.4 Å². The van der Waals surface area contributed by atoms with E-state index < -0.39 is 0 Å². The summed E-state index contributed by atoms with van der Waals surface area (Å²) in [4.78, 5) is 4.90. The van der Waals surface area contributed by atoms with Crippen LogP contribution in [-0.4, -0.2) is 9.55 Å². The zero-order valence-corrected chi connectivity index (χ0v) is 17.0. The molecule has 1 atom stereocenters. The number of nitrogens with zero attached hydrogens (tertiary/aromatic N) is 2. The molecule has 0 fully saturated rings. The molecule has 0 N–H and O–H groups in total. The fraction of sp³-hybridized carbons (Fsp3) is 0.174. The zero-order valence-electron chi connectivity index (χ0n) is 15.5. The molecule has 1 unspecified atom stereocenters. The molecule has 0 radical (unpaired) electrons. The smallest absolute Gasteiger partial charge is 0.156 e.